The van der Waals surface area contributed by atoms with Crippen LogP contribution >= 0.6 is 0 Å². The van der Waals surface area contributed by atoms with Crippen LogP contribution in [0.25, 0.3) is 0 Å². The molecular formula is C8H17NO. The van der Waals surface area contributed by atoms with Gasteiger partial charge in [0, 0.05) is 6.42 Å². The standard InChI is InChI=1S/C8H17NO/c1-4-5-8(2,3)6-7(9)10/h4-6H2,1-3H3,(H2,9,10). The lowest BCUT2D eigenvalue weighted by atomic mass is 9.84. The molecule has 1 amide bonds. The molecule has 0 unspecified atom stereocenters. The second kappa shape index (κ2) is 3.59. The number of hydrogen-bond donors (Lipinski definition) is 1. The SMILES string of the molecule is CCCC(C)(C)CC(N)=O. The van der Waals surface area contributed by atoms with Gasteiger partial charge in [-0.3, -0.25) is 4.79 Å². The molecule has 0 aliphatic rings. The summed E-state index contributed by atoms with van der Waals surface area (Å²) in [6.07, 6.45) is 2.68. The van der Waals surface area contributed by atoms with Crippen LogP contribution < -0.4 is 5.73 Å². The second-order valence-electron chi connectivity index (χ2n) is 3.56. The van der Waals surface area contributed by atoms with E-state index in [2.05, 4.69) is 20.8 Å². The van der Waals surface area contributed by atoms with E-state index >= 15 is 0 Å². The monoisotopic (exact) mass is 143 g/mol. The Morgan fingerprint density at radius 2 is 2.00 bits per heavy atom. The smallest absolute Gasteiger partial charge is 0.217 e. The van der Waals surface area contributed by atoms with Crippen LogP contribution in [0.1, 0.15) is 40.0 Å². The van der Waals surface area contributed by atoms with E-state index < -0.39 is 0 Å². The Labute approximate surface area is 62.8 Å². The summed E-state index contributed by atoms with van der Waals surface area (Å²) >= 11 is 0. The fourth-order valence-electron chi connectivity index (χ4n) is 1.24. The lowest BCUT2D eigenvalue weighted by Gasteiger charge is -2.21. The molecule has 2 heteroatoms. The minimum Gasteiger partial charge on any atom is -0.370 e. The number of primary amides is 1. The maximum absolute atomic E-state index is 10.5. The predicted octanol–water partition coefficient (Wildman–Crippen LogP) is 1.69. The van der Waals surface area contributed by atoms with Gasteiger partial charge in [0.05, 0.1) is 0 Å². The van der Waals surface area contributed by atoms with Crippen LogP contribution in [0.5, 0.6) is 0 Å². The van der Waals surface area contributed by atoms with Crippen molar-refractivity contribution in [2.45, 2.75) is 40.0 Å². The van der Waals surface area contributed by atoms with E-state index in [-0.39, 0.29) is 11.3 Å². The van der Waals surface area contributed by atoms with Crippen molar-refractivity contribution in [3.63, 3.8) is 0 Å². The number of amides is 1. The first-order valence-electron chi connectivity index (χ1n) is 3.76. The topological polar surface area (TPSA) is 43.1 Å². The zero-order valence-electron chi connectivity index (χ0n) is 7.11. The fourth-order valence-corrected chi connectivity index (χ4v) is 1.24. The minimum absolute atomic E-state index is 0.0978. The first-order chi connectivity index (χ1) is 4.48. The first-order valence-corrected chi connectivity index (χ1v) is 3.76. The van der Waals surface area contributed by atoms with Gasteiger partial charge in [-0.25, -0.2) is 0 Å². The average molecular weight is 143 g/mol. The van der Waals surface area contributed by atoms with Gasteiger partial charge in [-0.05, 0) is 11.8 Å². The summed E-state index contributed by atoms with van der Waals surface area (Å²) in [6.45, 7) is 6.26. The molecule has 0 bridgehead atoms. The van der Waals surface area contributed by atoms with Gasteiger partial charge in [0.25, 0.3) is 0 Å². The molecule has 0 aromatic rings. The normalized spacial score (nSPS) is 11.5. The van der Waals surface area contributed by atoms with Gasteiger partial charge in [0.15, 0.2) is 0 Å². The lowest BCUT2D eigenvalue weighted by Crippen LogP contribution is -2.22. The summed E-state index contributed by atoms with van der Waals surface area (Å²) in [6, 6.07) is 0. The molecule has 0 heterocycles. The fraction of sp³-hybridized carbons (Fsp3) is 0.875. The molecule has 0 rings (SSSR count). The number of hydrogen-bond acceptors (Lipinski definition) is 1. The third-order valence-electron chi connectivity index (χ3n) is 1.58. The highest BCUT2D eigenvalue weighted by Gasteiger charge is 2.18. The summed E-state index contributed by atoms with van der Waals surface area (Å²) in [5, 5.41) is 0. The van der Waals surface area contributed by atoms with Crippen LogP contribution in [0.15, 0.2) is 0 Å². The molecule has 0 saturated heterocycles. The molecule has 0 aromatic heterocycles. The van der Waals surface area contributed by atoms with Crippen molar-refractivity contribution in [1.82, 2.24) is 0 Å². The highest BCUT2D eigenvalue weighted by atomic mass is 16.1. The van der Waals surface area contributed by atoms with Crippen LogP contribution in [-0.2, 0) is 4.79 Å². The van der Waals surface area contributed by atoms with Gasteiger partial charge >= 0.3 is 0 Å². The van der Waals surface area contributed by atoms with Gasteiger partial charge in [-0.1, -0.05) is 27.2 Å². The van der Waals surface area contributed by atoms with Crippen LogP contribution in [0.3, 0.4) is 0 Å². The highest BCUT2D eigenvalue weighted by Crippen LogP contribution is 2.25. The Bertz CT molecular complexity index is 118. The largest absolute Gasteiger partial charge is 0.370 e. The maximum Gasteiger partial charge on any atom is 0.217 e. The summed E-state index contributed by atoms with van der Waals surface area (Å²) in [7, 11) is 0. The van der Waals surface area contributed by atoms with Crippen molar-refractivity contribution >= 4 is 5.91 Å². The van der Waals surface area contributed by atoms with Crippen molar-refractivity contribution in [2.24, 2.45) is 11.1 Å². The van der Waals surface area contributed by atoms with E-state index in [4.69, 9.17) is 5.73 Å². The van der Waals surface area contributed by atoms with Gasteiger partial charge in [0.2, 0.25) is 5.91 Å². The highest BCUT2D eigenvalue weighted by molar-refractivity contribution is 5.74. The molecule has 2 nitrogen and oxygen atoms in total. The minimum atomic E-state index is -0.196. The van der Waals surface area contributed by atoms with Crippen LogP contribution in [-0.4, -0.2) is 5.91 Å². The molecular weight excluding hydrogens is 126 g/mol. The van der Waals surface area contributed by atoms with Crippen molar-refractivity contribution in [3.8, 4) is 0 Å². The molecule has 0 spiro atoms. The van der Waals surface area contributed by atoms with E-state index in [1.54, 1.807) is 0 Å². The van der Waals surface area contributed by atoms with Gasteiger partial charge in [-0.2, -0.15) is 0 Å². The zero-order valence-corrected chi connectivity index (χ0v) is 7.11. The molecule has 2 N–H and O–H groups in total. The van der Waals surface area contributed by atoms with Gasteiger partial charge in [0.1, 0.15) is 0 Å². The molecule has 0 saturated carbocycles. The Hall–Kier alpha value is -0.530. The van der Waals surface area contributed by atoms with E-state index in [9.17, 15) is 4.79 Å². The van der Waals surface area contributed by atoms with Crippen LogP contribution in [0, 0.1) is 5.41 Å². The number of carbonyl (C=O) groups is 1. The van der Waals surface area contributed by atoms with Crippen LogP contribution in [0.2, 0.25) is 0 Å². The number of carbonyl (C=O) groups excluding carboxylic acids is 1. The molecule has 60 valence electrons. The van der Waals surface area contributed by atoms with Gasteiger partial charge in [-0.15, -0.1) is 0 Å². The van der Waals surface area contributed by atoms with E-state index in [1.807, 2.05) is 0 Å². The molecule has 0 aromatic carbocycles. The van der Waals surface area contributed by atoms with E-state index in [0.29, 0.717) is 6.42 Å². The van der Waals surface area contributed by atoms with Gasteiger partial charge < -0.3 is 5.73 Å². The van der Waals surface area contributed by atoms with Crippen molar-refractivity contribution in [1.29, 1.82) is 0 Å². The second-order valence-corrected chi connectivity index (χ2v) is 3.56. The Morgan fingerprint density at radius 1 is 1.50 bits per heavy atom. The van der Waals surface area contributed by atoms with Crippen LogP contribution in [0.4, 0.5) is 0 Å². The molecule has 0 atom stereocenters. The predicted molar refractivity (Wildman–Crippen MR) is 42.5 cm³/mol. The van der Waals surface area contributed by atoms with Crippen molar-refractivity contribution in [3.05, 3.63) is 0 Å². The molecule has 0 aliphatic heterocycles. The average Bonchev–Trinajstić information content (AvgIpc) is 1.59. The summed E-state index contributed by atoms with van der Waals surface area (Å²) < 4.78 is 0. The quantitative estimate of drug-likeness (QED) is 0.639. The van der Waals surface area contributed by atoms with Crippen molar-refractivity contribution < 1.29 is 4.79 Å². The van der Waals surface area contributed by atoms with E-state index in [1.165, 1.54) is 0 Å². The number of nitrogens with two attached hydrogens (primary N) is 1. The zero-order chi connectivity index (χ0) is 8.20. The number of rotatable bonds is 4. The summed E-state index contributed by atoms with van der Waals surface area (Å²) in [5.74, 6) is -0.196. The first kappa shape index (κ1) is 9.47. The lowest BCUT2D eigenvalue weighted by molar-refractivity contribution is -0.119. The third-order valence-corrected chi connectivity index (χ3v) is 1.58. The molecule has 10 heavy (non-hydrogen) atoms. The molecule has 0 fully saturated rings. The van der Waals surface area contributed by atoms with E-state index in [0.717, 1.165) is 12.8 Å². The summed E-state index contributed by atoms with van der Waals surface area (Å²) in [4.78, 5) is 10.5. The molecule has 0 aliphatic carbocycles. The van der Waals surface area contributed by atoms with Crippen molar-refractivity contribution in [2.75, 3.05) is 0 Å². The molecule has 0 radical (unpaired) electrons. The Balaban J connectivity index is 3.74. The third kappa shape index (κ3) is 4.36. The Morgan fingerprint density at radius 3 is 2.30 bits per heavy atom. The maximum atomic E-state index is 10.5. The summed E-state index contributed by atoms with van der Waals surface area (Å²) in [5.41, 5.74) is 5.17. The Kier molecular flexibility index (Phi) is 3.40.